The summed E-state index contributed by atoms with van der Waals surface area (Å²) >= 11 is 8.53. The summed E-state index contributed by atoms with van der Waals surface area (Å²) < 4.78 is 1.07. The number of hydrogen-bond acceptors (Lipinski definition) is 2. The molecule has 0 radical (unpaired) electrons. The highest BCUT2D eigenvalue weighted by molar-refractivity contribution is 9.11. The summed E-state index contributed by atoms with van der Waals surface area (Å²) in [5.41, 5.74) is 1.15. The zero-order chi connectivity index (χ0) is 13.1. The van der Waals surface area contributed by atoms with E-state index < -0.39 is 0 Å². The van der Waals surface area contributed by atoms with E-state index in [1.54, 1.807) is 11.3 Å². The molecule has 0 N–H and O–H groups in total. The molecule has 1 fully saturated rings. The van der Waals surface area contributed by atoms with E-state index in [-0.39, 0.29) is 5.91 Å². The van der Waals surface area contributed by atoms with Crippen molar-refractivity contribution in [3.63, 3.8) is 0 Å². The number of nitrogens with zero attached hydrogens (tertiary/aromatic N) is 1. The van der Waals surface area contributed by atoms with Crippen molar-refractivity contribution in [2.75, 3.05) is 18.4 Å². The molecule has 0 spiro atoms. The number of likely N-dealkylation sites (tertiary alicyclic amines) is 1. The average Bonchev–Trinajstić information content (AvgIpc) is 2.69. The fourth-order valence-electron chi connectivity index (χ4n) is 2.36. The van der Waals surface area contributed by atoms with Crippen molar-refractivity contribution in [2.24, 2.45) is 5.92 Å². The summed E-state index contributed by atoms with van der Waals surface area (Å²) in [5.74, 6) is 0.861. The molecule has 0 bridgehead atoms. The van der Waals surface area contributed by atoms with E-state index in [0.717, 1.165) is 45.5 Å². The van der Waals surface area contributed by atoms with E-state index in [9.17, 15) is 4.79 Å². The molecule has 18 heavy (non-hydrogen) atoms. The van der Waals surface area contributed by atoms with E-state index >= 15 is 0 Å². The lowest BCUT2D eigenvalue weighted by Crippen LogP contribution is -2.39. The third-order valence-corrected chi connectivity index (χ3v) is 5.97. The molecule has 1 saturated heterocycles. The van der Waals surface area contributed by atoms with Gasteiger partial charge in [0.05, 0.1) is 8.66 Å². The quantitative estimate of drug-likeness (QED) is 0.693. The van der Waals surface area contributed by atoms with Crippen molar-refractivity contribution < 1.29 is 4.79 Å². The van der Waals surface area contributed by atoms with Gasteiger partial charge in [-0.2, -0.15) is 0 Å². The number of hydrogen-bond donors (Lipinski definition) is 0. The van der Waals surface area contributed by atoms with Crippen LogP contribution in [-0.2, 0) is 0 Å². The summed E-state index contributed by atoms with van der Waals surface area (Å²) in [4.78, 5) is 15.3. The Morgan fingerprint density at radius 3 is 3.00 bits per heavy atom. The number of halogens is 2. The second kappa shape index (κ2) is 6.53. The van der Waals surface area contributed by atoms with Crippen LogP contribution in [0.5, 0.6) is 0 Å². The minimum atomic E-state index is 0.202. The minimum absolute atomic E-state index is 0.202. The molecule has 2 nitrogen and oxygen atoms in total. The fraction of sp³-hybridized carbons (Fsp3) is 0.615. The van der Waals surface area contributed by atoms with Crippen LogP contribution >= 0.6 is 43.2 Å². The van der Waals surface area contributed by atoms with Gasteiger partial charge in [0.1, 0.15) is 0 Å². The number of carbonyl (C=O) groups excluding carboxylic acids is 1. The zero-order valence-electron chi connectivity index (χ0n) is 10.4. The van der Waals surface area contributed by atoms with E-state index in [0.29, 0.717) is 5.92 Å². The van der Waals surface area contributed by atoms with Crippen molar-refractivity contribution in [1.82, 2.24) is 4.90 Å². The van der Waals surface area contributed by atoms with Crippen LogP contribution in [0.15, 0.2) is 9.85 Å². The summed E-state index contributed by atoms with van der Waals surface area (Å²) in [6.45, 7) is 3.85. The number of rotatable bonds is 3. The number of piperidine rings is 1. The molecule has 1 aliphatic heterocycles. The summed E-state index contributed by atoms with van der Waals surface area (Å²) in [6.07, 6.45) is 3.55. The SMILES string of the molecule is Cc1cc(C(=O)N2CCCC(CCBr)C2)sc1Br. The maximum absolute atomic E-state index is 12.4. The molecular formula is C13H17Br2NOS. The lowest BCUT2D eigenvalue weighted by Gasteiger charge is -2.32. The van der Waals surface area contributed by atoms with Gasteiger partial charge in [0, 0.05) is 18.4 Å². The first-order chi connectivity index (χ1) is 8.61. The molecule has 1 amide bonds. The van der Waals surface area contributed by atoms with E-state index in [2.05, 4.69) is 31.9 Å². The highest BCUT2D eigenvalue weighted by Crippen LogP contribution is 2.29. The first-order valence-corrected chi connectivity index (χ1v) is 8.96. The largest absolute Gasteiger partial charge is 0.338 e. The van der Waals surface area contributed by atoms with Crippen LogP contribution in [0.2, 0.25) is 0 Å². The Morgan fingerprint density at radius 2 is 2.39 bits per heavy atom. The molecule has 100 valence electrons. The first kappa shape index (κ1) is 14.5. The third kappa shape index (κ3) is 3.36. The van der Waals surface area contributed by atoms with Crippen molar-refractivity contribution in [2.45, 2.75) is 26.2 Å². The topological polar surface area (TPSA) is 20.3 Å². The van der Waals surface area contributed by atoms with Gasteiger partial charge in [-0.3, -0.25) is 4.79 Å². The maximum atomic E-state index is 12.4. The van der Waals surface area contributed by atoms with Gasteiger partial charge in [-0.25, -0.2) is 0 Å². The second-order valence-corrected chi connectivity index (χ2v) is 7.97. The summed E-state index contributed by atoms with van der Waals surface area (Å²) in [7, 11) is 0. The second-order valence-electron chi connectivity index (χ2n) is 4.80. The molecule has 0 aliphatic carbocycles. The monoisotopic (exact) mass is 393 g/mol. The van der Waals surface area contributed by atoms with Crippen LogP contribution in [-0.4, -0.2) is 29.2 Å². The smallest absolute Gasteiger partial charge is 0.263 e. The van der Waals surface area contributed by atoms with Crippen LogP contribution in [0.4, 0.5) is 0 Å². The first-order valence-electron chi connectivity index (χ1n) is 6.23. The van der Waals surface area contributed by atoms with Crippen LogP contribution in [0.1, 0.15) is 34.5 Å². The fourth-order valence-corrected chi connectivity index (χ4v) is 4.51. The minimum Gasteiger partial charge on any atom is -0.338 e. The van der Waals surface area contributed by atoms with Crippen LogP contribution < -0.4 is 0 Å². The number of carbonyl (C=O) groups is 1. The number of aryl methyl sites for hydroxylation is 1. The molecule has 2 rings (SSSR count). The number of amides is 1. The average molecular weight is 395 g/mol. The Balaban J connectivity index is 2.04. The molecule has 1 unspecified atom stereocenters. The molecule has 2 heterocycles. The molecule has 1 aromatic heterocycles. The van der Waals surface area contributed by atoms with E-state index in [1.165, 1.54) is 6.42 Å². The van der Waals surface area contributed by atoms with Gasteiger partial charge in [-0.1, -0.05) is 15.9 Å². The lowest BCUT2D eigenvalue weighted by molar-refractivity contribution is 0.0677. The van der Waals surface area contributed by atoms with Gasteiger partial charge in [-0.05, 0) is 59.7 Å². The van der Waals surface area contributed by atoms with Gasteiger partial charge in [0.15, 0.2) is 0 Å². The third-order valence-electron chi connectivity index (χ3n) is 3.39. The Bertz CT molecular complexity index is 411. The zero-order valence-corrected chi connectivity index (χ0v) is 14.4. The van der Waals surface area contributed by atoms with E-state index in [1.807, 2.05) is 17.9 Å². The van der Waals surface area contributed by atoms with Gasteiger partial charge in [0.2, 0.25) is 0 Å². The van der Waals surface area contributed by atoms with Gasteiger partial charge in [0.25, 0.3) is 5.91 Å². The normalized spacial score (nSPS) is 20.2. The maximum Gasteiger partial charge on any atom is 0.263 e. The number of alkyl halides is 1. The standard InChI is InChI=1S/C13H17Br2NOS/c1-9-7-11(18-12(9)15)13(17)16-6-2-3-10(8-16)4-5-14/h7,10H,2-6,8H2,1H3. The van der Waals surface area contributed by atoms with Crippen molar-refractivity contribution in [3.8, 4) is 0 Å². The van der Waals surface area contributed by atoms with Crippen molar-refractivity contribution in [3.05, 3.63) is 20.3 Å². The number of thiophene rings is 1. The lowest BCUT2D eigenvalue weighted by atomic mass is 9.95. The van der Waals surface area contributed by atoms with Crippen LogP contribution in [0.3, 0.4) is 0 Å². The van der Waals surface area contributed by atoms with Gasteiger partial charge >= 0.3 is 0 Å². The van der Waals surface area contributed by atoms with Crippen molar-refractivity contribution >= 4 is 49.1 Å². The Morgan fingerprint density at radius 1 is 1.61 bits per heavy atom. The van der Waals surface area contributed by atoms with Gasteiger partial charge < -0.3 is 4.90 Å². The predicted molar refractivity (Wildman–Crippen MR) is 83.8 cm³/mol. The molecule has 0 saturated carbocycles. The molecule has 5 heteroatoms. The Hall–Kier alpha value is 0.130. The molecule has 1 aliphatic rings. The molecular weight excluding hydrogens is 378 g/mol. The molecule has 0 aromatic carbocycles. The van der Waals surface area contributed by atoms with Gasteiger partial charge in [-0.15, -0.1) is 11.3 Å². The Kier molecular flexibility index (Phi) is 5.27. The molecule has 1 atom stereocenters. The molecule has 1 aromatic rings. The van der Waals surface area contributed by atoms with E-state index in [4.69, 9.17) is 0 Å². The Labute approximate surface area is 129 Å². The van der Waals surface area contributed by atoms with Crippen molar-refractivity contribution in [1.29, 1.82) is 0 Å². The highest BCUT2D eigenvalue weighted by Gasteiger charge is 2.25. The highest BCUT2D eigenvalue weighted by atomic mass is 79.9. The van der Waals surface area contributed by atoms with Crippen LogP contribution in [0.25, 0.3) is 0 Å². The summed E-state index contributed by atoms with van der Waals surface area (Å²) in [5, 5.41) is 1.03. The predicted octanol–water partition coefficient (Wildman–Crippen LogP) is 4.46. The summed E-state index contributed by atoms with van der Waals surface area (Å²) in [6, 6.07) is 1.99. The van der Waals surface area contributed by atoms with Crippen LogP contribution in [0, 0.1) is 12.8 Å².